The fourth-order valence-electron chi connectivity index (χ4n) is 3.95. The van der Waals surface area contributed by atoms with Crippen LogP contribution in [-0.2, 0) is 0 Å². The summed E-state index contributed by atoms with van der Waals surface area (Å²) in [6, 6.07) is 3.31. The second kappa shape index (κ2) is 5.81. The van der Waals surface area contributed by atoms with E-state index in [1.54, 1.807) is 0 Å². The SMILES string of the molecule is N#CC1(NC2CC2)CCCC1CCN1CCCCC1. The normalized spacial score (nSPS) is 36.3. The van der Waals surface area contributed by atoms with Gasteiger partial charge in [-0.1, -0.05) is 12.8 Å². The molecule has 0 aromatic heterocycles. The predicted octanol–water partition coefficient (Wildman–Crippen LogP) is 2.68. The third-order valence-electron chi connectivity index (χ3n) is 5.30. The van der Waals surface area contributed by atoms with E-state index in [1.807, 2.05) is 0 Å². The van der Waals surface area contributed by atoms with E-state index < -0.39 is 0 Å². The number of nitrogens with one attached hydrogen (secondary N) is 1. The number of hydrogen-bond donors (Lipinski definition) is 1. The first-order valence-corrected chi connectivity index (χ1v) is 8.24. The van der Waals surface area contributed by atoms with Gasteiger partial charge in [-0.2, -0.15) is 5.26 Å². The van der Waals surface area contributed by atoms with Crippen LogP contribution >= 0.6 is 0 Å². The van der Waals surface area contributed by atoms with Crippen molar-refractivity contribution in [3.8, 4) is 6.07 Å². The summed E-state index contributed by atoms with van der Waals surface area (Å²) >= 11 is 0. The minimum absolute atomic E-state index is 0.184. The van der Waals surface area contributed by atoms with Crippen molar-refractivity contribution in [2.75, 3.05) is 19.6 Å². The molecule has 3 heteroatoms. The molecule has 1 N–H and O–H groups in total. The smallest absolute Gasteiger partial charge is 0.109 e. The van der Waals surface area contributed by atoms with Crippen molar-refractivity contribution in [1.29, 1.82) is 5.26 Å². The fourth-order valence-corrected chi connectivity index (χ4v) is 3.95. The first kappa shape index (κ1) is 13.4. The molecule has 1 saturated heterocycles. The monoisotopic (exact) mass is 261 g/mol. The van der Waals surface area contributed by atoms with Gasteiger partial charge in [0.1, 0.15) is 5.54 Å². The van der Waals surface area contributed by atoms with Crippen LogP contribution in [-0.4, -0.2) is 36.1 Å². The van der Waals surface area contributed by atoms with Gasteiger partial charge < -0.3 is 4.90 Å². The number of nitriles is 1. The molecule has 0 aromatic carbocycles. The molecule has 3 nitrogen and oxygen atoms in total. The summed E-state index contributed by atoms with van der Waals surface area (Å²) in [5, 5.41) is 13.3. The highest BCUT2D eigenvalue weighted by Gasteiger charge is 2.45. The summed E-state index contributed by atoms with van der Waals surface area (Å²) in [5.41, 5.74) is -0.184. The molecular formula is C16H27N3. The molecule has 3 aliphatic rings. The van der Waals surface area contributed by atoms with E-state index in [0.29, 0.717) is 12.0 Å². The molecule has 2 saturated carbocycles. The minimum atomic E-state index is -0.184. The Kier molecular flexibility index (Phi) is 4.10. The van der Waals surface area contributed by atoms with Gasteiger partial charge in [0.05, 0.1) is 6.07 Å². The lowest BCUT2D eigenvalue weighted by atomic mass is 9.85. The molecule has 0 radical (unpaired) electrons. The quantitative estimate of drug-likeness (QED) is 0.827. The molecule has 0 amide bonds. The van der Waals surface area contributed by atoms with Crippen molar-refractivity contribution in [1.82, 2.24) is 10.2 Å². The Hall–Kier alpha value is -0.590. The highest BCUT2D eigenvalue weighted by atomic mass is 15.1. The highest BCUT2D eigenvalue weighted by molar-refractivity contribution is 5.16. The number of likely N-dealkylation sites (tertiary alicyclic amines) is 1. The Morgan fingerprint density at radius 1 is 1.11 bits per heavy atom. The van der Waals surface area contributed by atoms with Gasteiger partial charge in [-0.25, -0.2) is 0 Å². The third-order valence-corrected chi connectivity index (χ3v) is 5.30. The van der Waals surface area contributed by atoms with Crippen LogP contribution in [0.3, 0.4) is 0 Å². The van der Waals surface area contributed by atoms with Gasteiger partial charge in [-0.15, -0.1) is 0 Å². The number of rotatable bonds is 5. The molecule has 19 heavy (non-hydrogen) atoms. The van der Waals surface area contributed by atoms with E-state index in [4.69, 9.17) is 0 Å². The maximum absolute atomic E-state index is 9.67. The molecule has 3 fully saturated rings. The van der Waals surface area contributed by atoms with E-state index in [0.717, 1.165) is 6.42 Å². The van der Waals surface area contributed by atoms with Crippen LogP contribution in [0.2, 0.25) is 0 Å². The van der Waals surface area contributed by atoms with Crippen LogP contribution in [0, 0.1) is 17.2 Å². The first-order valence-electron chi connectivity index (χ1n) is 8.24. The molecule has 1 heterocycles. The van der Waals surface area contributed by atoms with E-state index in [1.165, 1.54) is 71.0 Å². The second-order valence-corrected chi connectivity index (χ2v) is 6.78. The van der Waals surface area contributed by atoms with Crippen molar-refractivity contribution < 1.29 is 0 Å². The summed E-state index contributed by atoms with van der Waals surface area (Å²) in [7, 11) is 0. The summed E-state index contributed by atoms with van der Waals surface area (Å²) in [6.07, 6.45) is 11.5. The van der Waals surface area contributed by atoms with E-state index in [-0.39, 0.29) is 5.54 Å². The molecule has 0 bridgehead atoms. The van der Waals surface area contributed by atoms with Gasteiger partial charge in [0.2, 0.25) is 0 Å². The standard InChI is InChI=1S/C16H27N3/c17-13-16(18-15-6-7-15)9-4-5-14(16)8-12-19-10-2-1-3-11-19/h14-15,18H,1-12H2. The predicted molar refractivity (Wildman–Crippen MR) is 76.8 cm³/mol. The zero-order valence-corrected chi connectivity index (χ0v) is 12.0. The second-order valence-electron chi connectivity index (χ2n) is 6.78. The van der Waals surface area contributed by atoms with Crippen LogP contribution in [0.15, 0.2) is 0 Å². The van der Waals surface area contributed by atoms with Crippen LogP contribution in [0.1, 0.15) is 57.8 Å². The fraction of sp³-hybridized carbons (Fsp3) is 0.938. The number of hydrogen-bond acceptors (Lipinski definition) is 3. The molecule has 0 spiro atoms. The molecule has 1 aliphatic heterocycles. The topological polar surface area (TPSA) is 39.1 Å². The average Bonchev–Trinajstić information content (AvgIpc) is 3.17. The Labute approximate surface area is 117 Å². The zero-order chi connectivity index (χ0) is 13.1. The minimum Gasteiger partial charge on any atom is -0.303 e. The van der Waals surface area contributed by atoms with Crippen LogP contribution in [0.4, 0.5) is 0 Å². The van der Waals surface area contributed by atoms with Crippen LogP contribution in [0.25, 0.3) is 0 Å². The Bertz CT molecular complexity index is 338. The van der Waals surface area contributed by atoms with E-state index >= 15 is 0 Å². The number of piperidine rings is 1. The molecular weight excluding hydrogens is 234 g/mol. The highest BCUT2D eigenvalue weighted by Crippen LogP contribution is 2.40. The Morgan fingerprint density at radius 2 is 1.89 bits per heavy atom. The lowest BCUT2D eigenvalue weighted by Crippen LogP contribution is -2.49. The number of nitrogens with zero attached hydrogens (tertiary/aromatic N) is 2. The molecule has 2 aliphatic carbocycles. The largest absolute Gasteiger partial charge is 0.303 e. The molecule has 3 rings (SSSR count). The van der Waals surface area contributed by atoms with Crippen LogP contribution in [0.5, 0.6) is 0 Å². The van der Waals surface area contributed by atoms with Crippen molar-refractivity contribution in [2.24, 2.45) is 5.92 Å². The molecule has 2 unspecified atom stereocenters. The summed E-state index contributed by atoms with van der Waals surface area (Å²) in [6.45, 7) is 3.77. The molecule has 2 atom stereocenters. The maximum atomic E-state index is 9.67. The zero-order valence-electron chi connectivity index (χ0n) is 12.0. The van der Waals surface area contributed by atoms with Crippen molar-refractivity contribution >= 4 is 0 Å². The van der Waals surface area contributed by atoms with Crippen molar-refractivity contribution in [3.63, 3.8) is 0 Å². The summed E-state index contributed by atoms with van der Waals surface area (Å²) in [4.78, 5) is 2.61. The van der Waals surface area contributed by atoms with Crippen LogP contribution < -0.4 is 5.32 Å². The van der Waals surface area contributed by atoms with Gasteiger partial charge in [0, 0.05) is 6.04 Å². The first-order chi connectivity index (χ1) is 9.32. The Balaban J connectivity index is 1.54. The van der Waals surface area contributed by atoms with Crippen molar-refractivity contribution in [3.05, 3.63) is 0 Å². The van der Waals surface area contributed by atoms with Gasteiger partial charge >= 0.3 is 0 Å². The molecule has 106 valence electrons. The average molecular weight is 261 g/mol. The molecule has 0 aromatic rings. The van der Waals surface area contributed by atoms with Crippen molar-refractivity contribution in [2.45, 2.75) is 69.4 Å². The van der Waals surface area contributed by atoms with Gasteiger partial charge in [-0.3, -0.25) is 5.32 Å². The van der Waals surface area contributed by atoms with Gasteiger partial charge in [-0.05, 0) is 70.5 Å². The Morgan fingerprint density at radius 3 is 2.58 bits per heavy atom. The maximum Gasteiger partial charge on any atom is 0.109 e. The summed E-state index contributed by atoms with van der Waals surface area (Å²) < 4.78 is 0. The third kappa shape index (κ3) is 3.12. The summed E-state index contributed by atoms with van der Waals surface area (Å²) in [5.74, 6) is 0.583. The van der Waals surface area contributed by atoms with E-state index in [9.17, 15) is 5.26 Å². The lowest BCUT2D eigenvalue weighted by Gasteiger charge is -2.33. The lowest BCUT2D eigenvalue weighted by molar-refractivity contribution is 0.195. The van der Waals surface area contributed by atoms with Gasteiger partial charge in [0.15, 0.2) is 0 Å². The van der Waals surface area contributed by atoms with Gasteiger partial charge in [0.25, 0.3) is 0 Å². The van der Waals surface area contributed by atoms with E-state index in [2.05, 4.69) is 16.3 Å².